The summed E-state index contributed by atoms with van der Waals surface area (Å²) in [6.07, 6.45) is 1.17. The first-order valence-corrected chi connectivity index (χ1v) is 7.18. The SMILES string of the molecule is CC(C)CCN(C)C(=O)NC(Cc1ccccc1)C(=O)O. The first-order chi connectivity index (χ1) is 9.90. The molecule has 1 aromatic carbocycles. The maximum Gasteiger partial charge on any atom is 0.326 e. The molecule has 0 saturated heterocycles. The summed E-state index contributed by atoms with van der Waals surface area (Å²) in [6, 6.07) is 8.02. The van der Waals surface area contributed by atoms with Crippen molar-refractivity contribution in [3.05, 3.63) is 35.9 Å². The summed E-state index contributed by atoms with van der Waals surface area (Å²) >= 11 is 0. The first kappa shape index (κ1) is 17.0. The van der Waals surface area contributed by atoms with Gasteiger partial charge in [0.15, 0.2) is 0 Å². The number of rotatable bonds is 7. The molecule has 2 amide bonds. The molecule has 116 valence electrons. The van der Waals surface area contributed by atoms with Gasteiger partial charge in [-0.05, 0) is 17.9 Å². The number of benzene rings is 1. The molecular formula is C16H24N2O3. The number of carboxylic acids is 1. The molecule has 0 bridgehead atoms. The van der Waals surface area contributed by atoms with E-state index < -0.39 is 12.0 Å². The molecular weight excluding hydrogens is 268 g/mol. The number of carbonyl (C=O) groups excluding carboxylic acids is 1. The Balaban J connectivity index is 2.58. The maximum atomic E-state index is 12.0. The van der Waals surface area contributed by atoms with Gasteiger partial charge in [0.05, 0.1) is 0 Å². The molecule has 1 atom stereocenters. The Morgan fingerprint density at radius 1 is 1.24 bits per heavy atom. The van der Waals surface area contributed by atoms with Crippen molar-refractivity contribution in [2.24, 2.45) is 5.92 Å². The molecule has 0 spiro atoms. The number of hydrogen-bond acceptors (Lipinski definition) is 2. The third-order valence-electron chi connectivity index (χ3n) is 3.27. The molecule has 0 aromatic heterocycles. The predicted molar refractivity (Wildman–Crippen MR) is 82.2 cm³/mol. The number of nitrogens with one attached hydrogen (secondary N) is 1. The van der Waals surface area contributed by atoms with Gasteiger partial charge < -0.3 is 15.3 Å². The number of aliphatic carboxylic acids is 1. The van der Waals surface area contributed by atoms with E-state index in [1.165, 1.54) is 4.90 Å². The van der Waals surface area contributed by atoms with Gasteiger partial charge >= 0.3 is 12.0 Å². The number of carbonyl (C=O) groups is 2. The molecule has 21 heavy (non-hydrogen) atoms. The van der Waals surface area contributed by atoms with Crippen molar-refractivity contribution in [2.75, 3.05) is 13.6 Å². The van der Waals surface area contributed by atoms with Crippen molar-refractivity contribution in [1.82, 2.24) is 10.2 Å². The van der Waals surface area contributed by atoms with Gasteiger partial charge in [-0.1, -0.05) is 44.2 Å². The van der Waals surface area contributed by atoms with Gasteiger partial charge in [-0.2, -0.15) is 0 Å². The van der Waals surface area contributed by atoms with Crippen molar-refractivity contribution < 1.29 is 14.7 Å². The van der Waals surface area contributed by atoms with Crippen molar-refractivity contribution in [2.45, 2.75) is 32.7 Å². The van der Waals surface area contributed by atoms with Crippen LogP contribution in [-0.4, -0.2) is 41.6 Å². The van der Waals surface area contributed by atoms with Crippen LogP contribution in [-0.2, 0) is 11.2 Å². The summed E-state index contributed by atoms with van der Waals surface area (Å²) in [5, 5.41) is 11.8. The van der Waals surface area contributed by atoms with E-state index in [1.807, 2.05) is 30.3 Å². The minimum absolute atomic E-state index is 0.278. The highest BCUT2D eigenvalue weighted by molar-refractivity contribution is 5.82. The third-order valence-corrected chi connectivity index (χ3v) is 3.27. The van der Waals surface area contributed by atoms with E-state index in [4.69, 9.17) is 0 Å². The van der Waals surface area contributed by atoms with Crippen LogP contribution in [0.25, 0.3) is 0 Å². The molecule has 0 aliphatic carbocycles. The summed E-state index contributed by atoms with van der Waals surface area (Å²) in [4.78, 5) is 24.8. The normalized spacial score (nSPS) is 12.0. The van der Waals surface area contributed by atoms with Crippen molar-refractivity contribution in [3.8, 4) is 0 Å². The highest BCUT2D eigenvalue weighted by Gasteiger charge is 2.22. The number of nitrogens with zero attached hydrogens (tertiary/aromatic N) is 1. The van der Waals surface area contributed by atoms with E-state index in [0.29, 0.717) is 12.5 Å². The lowest BCUT2D eigenvalue weighted by Gasteiger charge is -2.22. The van der Waals surface area contributed by atoms with Crippen LogP contribution in [0.5, 0.6) is 0 Å². The molecule has 0 fully saturated rings. The number of hydrogen-bond donors (Lipinski definition) is 2. The zero-order valence-corrected chi connectivity index (χ0v) is 12.9. The van der Waals surface area contributed by atoms with E-state index >= 15 is 0 Å². The fraction of sp³-hybridized carbons (Fsp3) is 0.500. The van der Waals surface area contributed by atoms with Crippen molar-refractivity contribution >= 4 is 12.0 Å². The van der Waals surface area contributed by atoms with Crippen molar-refractivity contribution in [3.63, 3.8) is 0 Å². The van der Waals surface area contributed by atoms with Crippen LogP contribution in [0.4, 0.5) is 4.79 Å². The average Bonchev–Trinajstić information content (AvgIpc) is 2.44. The lowest BCUT2D eigenvalue weighted by atomic mass is 10.1. The Bertz CT molecular complexity index is 460. The number of urea groups is 1. The second-order valence-corrected chi connectivity index (χ2v) is 5.63. The van der Waals surface area contributed by atoms with Crippen LogP contribution in [0.2, 0.25) is 0 Å². The van der Waals surface area contributed by atoms with Crippen LogP contribution in [0, 0.1) is 5.92 Å². The Morgan fingerprint density at radius 2 is 1.86 bits per heavy atom. The minimum Gasteiger partial charge on any atom is -0.480 e. The first-order valence-electron chi connectivity index (χ1n) is 7.18. The van der Waals surface area contributed by atoms with Gasteiger partial charge in [-0.3, -0.25) is 0 Å². The molecule has 0 aliphatic heterocycles. The summed E-state index contributed by atoms with van der Waals surface area (Å²) < 4.78 is 0. The molecule has 5 nitrogen and oxygen atoms in total. The zero-order valence-electron chi connectivity index (χ0n) is 12.9. The van der Waals surface area contributed by atoms with Gasteiger partial charge in [-0.15, -0.1) is 0 Å². The van der Waals surface area contributed by atoms with Crippen molar-refractivity contribution in [1.29, 1.82) is 0 Å². The molecule has 1 aromatic rings. The summed E-state index contributed by atoms with van der Waals surface area (Å²) in [6.45, 7) is 4.78. The van der Waals surface area contributed by atoms with Gasteiger partial charge in [-0.25, -0.2) is 9.59 Å². The maximum absolute atomic E-state index is 12.0. The molecule has 5 heteroatoms. The predicted octanol–water partition coefficient (Wildman–Crippen LogP) is 2.37. The Kier molecular flexibility index (Phi) is 6.72. The minimum atomic E-state index is -1.02. The van der Waals surface area contributed by atoms with Crippen LogP contribution >= 0.6 is 0 Å². The summed E-state index contributed by atoms with van der Waals surface area (Å²) in [5.74, 6) is -0.524. The Hall–Kier alpha value is -2.04. The average molecular weight is 292 g/mol. The summed E-state index contributed by atoms with van der Waals surface area (Å²) in [7, 11) is 1.68. The Labute approximate surface area is 126 Å². The van der Waals surface area contributed by atoms with Gasteiger partial charge in [0.2, 0.25) is 0 Å². The third kappa shape index (κ3) is 6.29. The smallest absolute Gasteiger partial charge is 0.326 e. The van der Waals surface area contributed by atoms with Crippen LogP contribution in [0.1, 0.15) is 25.8 Å². The monoisotopic (exact) mass is 292 g/mol. The largest absolute Gasteiger partial charge is 0.480 e. The lowest BCUT2D eigenvalue weighted by molar-refractivity contribution is -0.139. The quantitative estimate of drug-likeness (QED) is 0.810. The number of carboxylic acid groups (broad SMARTS) is 1. The molecule has 1 rings (SSSR count). The van der Waals surface area contributed by atoms with E-state index in [1.54, 1.807) is 7.05 Å². The van der Waals surface area contributed by atoms with E-state index in [9.17, 15) is 14.7 Å². The zero-order chi connectivity index (χ0) is 15.8. The van der Waals surface area contributed by atoms with Gasteiger partial charge in [0.1, 0.15) is 6.04 Å². The highest BCUT2D eigenvalue weighted by atomic mass is 16.4. The fourth-order valence-electron chi connectivity index (χ4n) is 1.86. The number of amides is 2. The molecule has 0 heterocycles. The standard InChI is InChI=1S/C16H24N2O3/c1-12(2)9-10-18(3)16(21)17-14(15(19)20)11-13-7-5-4-6-8-13/h4-8,12,14H,9-11H2,1-3H3,(H,17,21)(H,19,20). The molecule has 0 radical (unpaired) electrons. The Morgan fingerprint density at radius 3 is 2.38 bits per heavy atom. The molecule has 0 aliphatic rings. The molecule has 1 unspecified atom stereocenters. The fourth-order valence-corrected chi connectivity index (χ4v) is 1.86. The van der Waals surface area contributed by atoms with E-state index in [2.05, 4.69) is 19.2 Å². The summed E-state index contributed by atoms with van der Waals surface area (Å²) in [5.41, 5.74) is 0.884. The highest BCUT2D eigenvalue weighted by Crippen LogP contribution is 2.05. The topological polar surface area (TPSA) is 69.6 Å². The van der Waals surface area contributed by atoms with Crippen LogP contribution in [0.15, 0.2) is 30.3 Å². The molecule has 0 saturated carbocycles. The van der Waals surface area contributed by atoms with Gasteiger partial charge in [0, 0.05) is 20.0 Å². The second-order valence-electron chi connectivity index (χ2n) is 5.63. The molecule has 2 N–H and O–H groups in total. The van der Waals surface area contributed by atoms with E-state index in [0.717, 1.165) is 12.0 Å². The van der Waals surface area contributed by atoms with Crippen LogP contribution < -0.4 is 5.32 Å². The second kappa shape index (κ2) is 8.29. The van der Waals surface area contributed by atoms with Gasteiger partial charge in [0.25, 0.3) is 0 Å². The van der Waals surface area contributed by atoms with E-state index in [-0.39, 0.29) is 12.5 Å². The lowest BCUT2D eigenvalue weighted by Crippen LogP contribution is -2.48. The van der Waals surface area contributed by atoms with Crippen LogP contribution in [0.3, 0.4) is 0 Å².